The number of aryl methyl sites for hydroxylation is 2. The molecule has 2 aromatic carbocycles. The molecule has 1 aliphatic rings. The third-order valence-electron chi connectivity index (χ3n) is 4.15. The van der Waals surface area contributed by atoms with Crippen LogP contribution in [0.5, 0.6) is 0 Å². The molecule has 1 fully saturated rings. The van der Waals surface area contributed by atoms with Crippen LogP contribution in [0.2, 0.25) is 0 Å². The van der Waals surface area contributed by atoms with Crippen molar-refractivity contribution in [3.63, 3.8) is 0 Å². The minimum Gasteiger partial charge on any atom is -0.325 e. The summed E-state index contributed by atoms with van der Waals surface area (Å²) < 4.78 is 12.9. The minimum atomic E-state index is -0.240. The van der Waals surface area contributed by atoms with E-state index in [0.717, 1.165) is 28.8 Å². The molecule has 0 aliphatic heterocycles. The number of benzene rings is 2. The quantitative estimate of drug-likeness (QED) is 0.899. The van der Waals surface area contributed by atoms with Gasteiger partial charge in [-0.2, -0.15) is 0 Å². The number of carbonyl (C=O) groups is 1. The highest BCUT2D eigenvalue weighted by atomic mass is 19.1. The fraction of sp³-hybridized carbons (Fsp3) is 0.278. The summed E-state index contributed by atoms with van der Waals surface area (Å²) in [5.74, 6) is 0.0297. The molecule has 1 aliphatic carbocycles. The zero-order chi connectivity index (χ0) is 15.0. The second-order valence-corrected chi connectivity index (χ2v) is 5.76. The standard InChI is InChI=1S/C18H18FNO/c1-11-4-3-5-12(2)17(11)20-18(21)16-10-15(16)13-6-8-14(19)9-7-13/h3-9,15-16H,10H2,1-2H3,(H,20,21). The van der Waals surface area contributed by atoms with E-state index in [2.05, 4.69) is 5.32 Å². The van der Waals surface area contributed by atoms with E-state index in [1.54, 1.807) is 12.1 Å². The molecule has 2 nitrogen and oxygen atoms in total. The van der Waals surface area contributed by atoms with Gasteiger partial charge in [-0.15, -0.1) is 0 Å². The minimum absolute atomic E-state index is 0.00512. The molecule has 1 amide bonds. The summed E-state index contributed by atoms with van der Waals surface area (Å²) >= 11 is 0. The molecule has 0 radical (unpaired) electrons. The highest BCUT2D eigenvalue weighted by Gasteiger charge is 2.44. The van der Waals surface area contributed by atoms with Gasteiger partial charge in [0.1, 0.15) is 5.82 Å². The Morgan fingerprint density at radius 3 is 2.33 bits per heavy atom. The zero-order valence-corrected chi connectivity index (χ0v) is 12.2. The van der Waals surface area contributed by atoms with Crippen LogP contribution in [0.1, 0.15) is 29.0 Å². The molecule has 3 rings (SSSR count). The maximum Gasteiger partial charge on any atom is 0.228 e. The molecule has 0 saturated heterocycles. The first kappa shape index (κ1) is 13.8. The van der Waals surface area contributed by atoms with E-state index in [-0.39, 0.29) is 23.6 Å². The van der Waals surface area contributed by atoms with Gasteiger partial charge in [-0.25, -0.2) is 4.39 Å². The molecule has 21 heavy (non-hydrogen) atoms. The number of nitrogens with one attached hydrogen (secondary N) is 1. The molecule has 108 valence electrons. The van der Waals surface area contributed by atoms with Crippen molar-refractivity contribution in [3.8, 4) is 0 Å². The van der Waals surface area contributed by atoms with Crippen LogP contribution in [0, 0.1) is 25.6 Å². The van der Waals surface area contributed by atoms with E-state index in [9.17, 15) is 9.18 Å². The monoisotopic (exact) mass is 283 g/mol. The van der Waals surface area contributed by atoms with Crippen LogP contribution in [0.15, 0.2) is 42.5 Å². The lowest BCUT2D eigenvalue weighted by atomic mass is 10.1. The smallest absolute Gasteiger partial charge is 0.228 e. The molecule has 2 atom stereocenters. The third-order valence-corrected chi connectivity index (χ3v) is 4.15. The van der Waals surface area contributed by atoms with E-state index in [4.69, 9.17) is 0 Å². The van der Waals surface area contributed by atoms with Gasteiger partial charge in [0.15, 0.2) is 0 Å². The van der Waals surface area contributed by atoms with Gasteiger partial charge in [0.05, 0.1) is 0 Å². The fourth-order valence-electron chi connectivity index (χ4n) is 2.79. The van der Waals surface area contributed by atoms with Crippen molar-refractivity contribution in [2.45, 2.75) is 26.2 Å². The van der Waals surface area contributed by atoms with Gasteiger partial charge in [0, 0.05) is 11.6 Å². The summed E-state index contributed by atoms with van der Waals surface area (Å²) in [6.45, 7) is 3.99. The average molecular weight is 283 g/mol. The summed E-state index contributed by atoms with van der Waals surface area (Å²) in [5, 5.41) is 3.04. The normalized spacial score (nSPS) is 20.1. The van der Waals surface area contributed by atoms with Gasteiger partial charge in [0.25, 0.3) is 0 Å². The molecular formula is C18H18FNO. The molecule has 3 heteroatoms. The van der Waals surface area contributed by atoms with Crippen molar-refractivity contribution in [2.24, 2.45) is 5.92 Å². The Kier molecular flexibility index (Phi) is 3.50. The van der Waals surface area contributed by atoms with E-state index in [1.807, 2.05) is 32.0 Å². The first-order valence-corrected chi connectivity index (χ1v) is 7.19. The Labute approximate surface area is 124 Å². The molecule has 0 spiro atoms. The van der Waals surface area contributed by atoms with Gasteiger partial charge in [-0.05, 0) is 55.0 Å². The van der Waals surface area contributed by atoms with Crippen LogP contribution in [-0.4, -0.2) is 5.91 Å². The van der Waals surface area contributed by atoms with Crippen molar-refractivity contribution < 1.29 is 9.18 Å². The first-order chi connectivity index (χ1) is 10.1. The molecule has 1 saturated carbocycles. The predicted octanol–water partition coefficient (Wildman–Crippen LogP) is 4.18. The molecule has 0 aromatic heterocycles. The lowest BCUT2D eigenvalue weighted by Crippen LogP contribution is -2.16. The van der Waals surface area contributed by atoms with Gasteiger partial charge >= 0.3 is 0 Å². The number of hydrogen-bond acceptors (Lipinski definition) is 1. The topological polar surface area (TPSA) is 29.1 Å². The van der Waals surface area contributed by atoms with Gasteiger partial charge in [0.2, 0.25) is 5.91 Å². The molecule has 0 heterocycles. The summed E-state index contributed by atoms with van der Waals surface area (Å²) in [7, 11) is 0. The third kappa shape index (κ3) is 2.82. The van der Waals surface area contributed by atoms with Crippen molar-refractivity contribution in [1.82, 2.24) is 0 Å². The summed E-state index contributed by atoms with van der Waals surface area (Å²) in [5.41, 5.74) is 4.09. The van der Waals surface area contributed by atoms with Gasteiger partial charge < -0.3 is 5.32 Å². The summed E-state index contributed by atoms with van der Waals surface area (Å²) in [4.78, 5) is 12.3. The maximum atomic E-state index is 12.9. The number of halogens is 1. The SMILES string of the molecule is Cc1cccc(C)c1NC(=O)C1CC1c1ccc(F)cc1. The summed E-state index contributed by atoms with van der Waals surface area (Å²) in [6, 6.07) is 12.4. The number of amides is 1. The average Bonchev–Trinajstić information content (AvgIpc) is 3.24. The Bertz CT molecular complexity index is 658. The van der Waals surface area contributed by atoms with Crippen LogP contribution in [-0.2, 0) is 4.79 Å². The Morgan fingerprint density at radius 2 is 1.71 bits per heavy atom. The van der Waals surface area contributed by atoms with Crippen molar-refractivity contribution in [3.05, 3.63) is 65.0 Å². The molecule has 1 N–H and O–H groups in total. The van der Waals surface area contributed by atoms with E-state index >= 15 is 0 Å². The molecular weight excluding hydrogens is 265 g/mol. The number of para-hydroxylation sites is 1. The lowest BCUT2D eigenvalue weighted by molar-refractivity contribution is -0.117. The second-order valence-electron chi connectivity index (χ2n) is 5.76. The Hall–Kier alpha value is -2.16. The number of hydrogen-bond donors (Lipinski definition) is 1. The van der Waals surface area contributed by atoms with Gasteiger partial charge in [-0.1, -0.05) is 30.3 Å². The molecule has 2 unspecified atom stereocenters. The second kappa shape index (κ2) is 5.32. The van der Waals surface area contributed by atoms with Crippen LogP contribution < -0.4 is 5.32 Å². The van der Waals surface area contributed by atoms with Crippen molar-refractivity contribution in [2.75, 3.05) is 5.32 Å². The fourth-order valence-corrected chi connectivity index (χ4v) is 2.79. The summed E-state index contributed by atoms with van der Waals surface area (Å²) in [6.07, 6.45) is 0.836. The van der Waals surface area contributed by atoms with E-state index < -0.39 is 0 Å². The maximum absolute atomic E-state index is 12.9. The van der Waals surface area contributed by atoms with Gasteiger partial charge in [-0.3, -0.25) is 4.79 Å². The van der Waals surface area contributed by atoms with E-state index in [1.165, 1.54) is 12.1 Å². The van der Waals surface area contributed by atoms with Crippen molar-refractivity contribution in [1.29, 1.82) is 0 Å². The van der Waals surface area contributed by atoms with Crippen LogP contribution >= 0.6 is 0 Å². The molecule has 0 bridgehead atoms. The van der Waals surface area contributed by atoms with Crippen molar-refractivity contribution >= 4 is 11.6 Å². The van der Waals surface area contributed by atoms with Crippen LogP contribution in [0.4, 0.5) is 10.1 Å². The number of carbonyl (C=O) groups excluding carboxylic acids is 1. The predicted molar refractivity (Wildman–Crippen MR) is 81.8 cm³/mol. The Morgan fingerprint density at radius 1 is 1.10 bits per heavy atom. The van der Waals surface area contributed by atoms with E-state index in [0.29, 0.717) is 0 Å². The van der Waals surface area contributed by atoms with Crippen LogP contribution in [0.25, 0.3) is 0 Å². The zero-order valence-electron chi connectivity index (χ0n) is 12.2. The Balaban J connectivity index is 1.69. The highest BCUT2D eigenvalue weighted by Crippen LogP contribution is 2.48. The number of rotatable bonds is 3. The number of anilines is 1. The van der Waals surface area contributed by atoms with Crippen LogP contribution in [0.3, 0.4) is 0 Å². The lowest BCUT2D eigenvalue weighted by Gasteiger charge is -2.11. The molecule has 2 aromatic rings. The first-order valence-electron chi connectivity index (χ1n) is 7.19. The largest absolute Gasteiger partial charge is 0.325 e. The highest BCUT2D eigenvalue weighted by molar-refractivity contribution is 5.96.